The van der Waals surface area contributed by atoms with E-state index in [1.807, 2.05) is 53.0 Å². The Morgan fingerprint density at radius 2 is 1.82 bits per heavy atom. The van der Waals surface area contributed by atoms with Gasteiger partial charge in [0.15, 0.2) is 23.1 Å². The number of hydrogen-bond donors (Lipinski definition) is 0. The molecule has 7 heteroatoms. The summed E-state index contributed by atoms with van der Waals surface area (Å²) in [4.78, 5) is 12.9. The summed E-state index contributed by atoms with van der Waals surface area (Å²) >= 11 is 0. The molecule has 0 saturated carbocycles. The van der Waals surface area contributed by atoms with E-state index in [0.717, 1.165) is 59.7 Å². The number of benzene rings is 2. The lowest BCUT2D eigenvalue weighted by Crippen LogP contribution is -2.07. The van der Waals surface area contributed by atoms with Crippen LogP contribution in [0.2, 0.25) is 0 Å². The maximum absolute atomic E-state index is 12.9. The van der Waals surface area contributed by atoms with Crippen molar-refractivity contribution in [1.29, 1.82) is 0 Å². The molecule has 1 aliphatic heterocycles. The molecule has 2 aromatic heterocycles. The highest BCUT2D eigenvalue weighted by Gasteiger charge is 2.29. The predicted molar refractivity (Wildman–Crippen MR) is 125 cm³/mol. The molecule has 0 atom stereocenters. The Labute approximate surface area is 192 Å². The average molecular weight is 446 g/mol. The monoisotopic (exact) mass is 445 g/mol. The van der Waals surface area contributed by atoms with Gasteiger partial charge in [0.25, 0.3) is 0 Å². The highest BCUT2D eigenvalue weighted by Crippen LogP contribution is 2.40. The zero-order chi connectivity index (χ0) is 22.9. The van der Waals surface area contributed by atoms with Crippen molar-refractivity contribution in [3.63, 3.8) is 0 Å². The first kappa shape index (κ1) is 21.1. The number of ketones is 1. The van der Waals surface area contributed by atoms with E-state index in [2.05, 4.69) is 4.57 Å². The summed E-state index contributed by atoms with van der Waals surface area (Å²) in [7, 11) is 3.23. The molecule has 1 aliphatic rings. The zero-order valence-electron chi connectivity index (χ0n) is 19.1. The average Bonchev–Trinajstić information content (AvgIpc) is 3.24. The number of nitrogens with zero attached hydrogens (tertiary/aromatic N) is 3. The van der Waals surface area contributed by atoms with Crippen LogP contribution in [-0.2, 0) is 19.6 Å². The van der Waals surface area contributed by atoms with Crippen LogP contribution in [0.5, 0.6) is 17.2 Å². The van der Waals surface area contributed by atoms with Gasteiger partial charge >= 0.3 is 0 Å². The van der Waals surface area contributed by atoms with Gasteiger partial charge in [-0.25, -0.2) is 4.52 Å². The molecule has 0 N–H and O–H groups in total. The van der Waals surface area contributed by atoms with E-state index in [1.165, 1.54) is 0 Å². The van der Waals surface area contributed by atoms with Crippen LogP contribution in [0.3, 0.4) is 0 Å². The van der Waals surface area contributed by atoms with E-state index in [9.17, 15) is 4.79 Å². The van der Waals surface area contributed by atoms with E-state index < -0.39 is 0 Å². The van der Waals surface area contributed by atoms with Gasteiger partial charge < -0.3 is 18.8 Å². The number of para-hydroxylation sites is 1. The third kappa shape index (κ3) is 3.63. The van der Waals surface area contributed by atoms with Gasteiger partial charge in [0.05, 0.1) is 14.2 Å². The third-order valence-corrected chi connectivity index (χ3v) is 6.18. The van der Waals surface area contributed by atoms with Crippen molar-refractivity contribution in [2.24, 2.45) is 0 Å². The maximum Gasteiger partial charge on any atom is 0.178 e. The van der Waals surface area contributed by atoms with Crippen molar-refractivity contribution >= 4 is 11.4 Å². The molecular weight excluding hydrogens is 418 g/mol. The van der Waals surface area contributed by atoms with Crippen molar-refractivity contribution in [3.8, 4) is 28.4 Å². The number of rotatable bonds is 7. The lowest BCUT2D eigenvalue weighted by Gasteiger charge is -2.11. The van der Waals surface area contributed by atoms with Crippen molar-refractivity contribution in [1.82, 2.24) is 14.2 Å². The Morgan fingerprint density at radius 3 is 2.55 bits per heavy atom. The molecular formula is C26H27N3O4. The Kier molecular flexibility index (Phi) is 5.54. The lowest BCUT2D eigenvalue weighted by atomic mass is 9.96. The third-order valence-electron chi connectivity index (χ3n) is 6.18. The molecule has 170 valence electrons. The quantitative estimate of drug-likeness (QED) is 0.377. The predicted octanol–water partition coefficient (Wildman–Crippen LogP) is 4.94. The molecule has 2 aromatic carbocycles. The topological polar surface area (TPSA) is 67.0 Å². The number of hydrogen-bond acceptors (Lipinski definition) is 5. The Morgan fingerprint density at radius 1 is 1.03 bits per heavy atom. The summed E-state index contributed by atoms with van der Waals surface area (Å²) in [6, 6.07) is 15.5. The Balaban J connectivity index is 1.67. The molecule has 3 heterocycles. The number of aromatic nitrogens is 3. The standard InChI is InChI=1S/C26H27N3O4/c1-17(30)25-24(18-12-13-21(31-2)22(15-18)32-3)20-11-7-8-14-28-23(27-29(25)26(20)28)16-33-19-9-5-4-6-10-19/h4-6,9-10,12-13,15H,7-8,11,14,16H2,1-3H3. The molecule has 33 heavy (non-hydrogen) atoms. The lowest BCUT2D eigenvalue weighted by molar-refractivity contribution is 0.101. The molecule has 0 spiro atoms. The first-order valence-electron chi connectivity index (χ1n) is 11.2. The molecule has 0 radical (unpaired) electrons. The summed E-state index contributed by atoms with van der Waals surface area (Å²) in [5.41, 5.74) is 4.57. The van der Waals surface area contributed by atoms with E-state index in [0.29, 0.717) is 23.8 Å². The number of ether oxygens (including phenoxy) is 3. The smallest absolute Gasteiger partial charge is 0.178 e. The van der Waals surface area contributed by atoms with Crippen LogP contribution in [0.15, 0.2) is 48.5 Å². The number of aryl methyl sites for hydroxylation is 2. The largest absolute Gasteiger partial charge is 0.493 e. The number of Topliss-reactive ketones (excluding diaryl/α,β-unsaturated/α-hetero) is 1. The number of carbonyl (C=O) groups excluding carboxylic acids is 1. The second-order valence-electron chi connectivity index (χ2n) is 8.19. The van der Waals surface area contributed by atoms with Gasteiger partial charge in [0.2, 0.25) is 0 Å². The maximum atomic E-state index is 12.9. The van der Waals surface area contributed by atoms with E-state index in [4.69, 9.17) is 19.3 Å². The van der Waals surface area contributed by atoms with Gasteiger partial charge in [-0.3, -0.25) is 4.79 Å². The van der Waals surface area contributed by atoms with Crippen molar-refractivity contribution in [2.45, 2.75) is 39.3 Å². The van der Waals surface area contributed by atoms with E-state index in [-0.39, 0.29) is 5.78 Å². The Bertz CT molecular complexity index is 1320. The highest BCUT2D eigenvalue weighted by molar-refractivity contribution is 6.02. The van der Waals surface area contributed by atoms with Crippen LogP contribution in [0, 0.1) is 0 Å². The van der Waals surface area contributed by atoms with Crippen LogP contribution in [0.1, 0.15) is 41.6 Å². The number of carbonyl (C=O) groups is 1. The van der Waals surface area contributed by atoms with Gasteiger partial charge in [0.1, 0.15) is 23.7 Å². The minimum absolute atomic E-state index is 0.0261. The summed E-state index contributed by atoms with van der Waals surface area (Å²) in [6.07, 6.45) is 2.96. The minimum Gasteiger partial charge on any atom is -0.493 e. The van der Waals surface area contributed by atoms with Crippen LogP contribution >= 0.6 is 0 Å². The summed E-state index contributed by atoms with van der Waals surface area (Å²) < 4.78 is 21.0. The van der Waals surface area contributed by atoms with Crippen LogP contribution in [0.4, 0.5) is 0 Å². The van der Waals surface area contributed by atoms with Crippen molar-refractivity contribution in [2.75, 3.05) is 14.2 Å². The van der Waals surface area contributed by atoms with Gasteiger partial charge in [-0.2, -0.15) is 0 Å². The molecule has 0 fully saturated rings. The SMILES string of the molecule is COc1ccc(-c2c3c4n(c(COc5ccccc5)nn4c2C(C)=O)CCCC3)cc1OC. The van der Waals surface area contributed by atoms with Crippen LogP contribution in [0.25, 0.3) is 16.8 Å². The molecule has 5 rings (SSSR count). The first-order valence-corrected chi connectivity index (χ1v) is 11.2. The van der Waals surface area contributed by atoms with Crippen molar-refractivity contribution < 1.29 is 19.0 Å². The highest BCUT2D eigenvalue weighted by atomic mass is 16.5. The van der Waals surface area contributed by atoms with Crippen LogP contribution < -0.4 is 14.2 Å². The normalized spacial score (nSPS) is 13.1. The summed E-state index contributed by atoms with van der Waals surface area (Å²) in [5.74, 6) is 2.88. The van der Waals surface area contributed by atoms with E-state index in [1.54, 1.807) is 21.1 Å². The van der Waals surface area contributed by atoms with Gasteiger partial charge in [-0.05, 0) is 49.1 Å². The van der Waals surface area contributed by atoms with Crippen molar-refractivity contribution in [3.05, 3.63) is 65.6 Å². The first-order chi connectivity index (χ1) is 16.1. The summed E-state index contributed by atoms with van der Waals surface area (Å²) in [5, 5.41) is 4.86. The molecule has 7 nitrogen and oxygen atoms in total. The van der Waals surface area contributed by atoms with Gasteiger partial charge in [-0.1, -0.05) is 24.3 Å². The molecule has 0 amide bonds. The summed E-state index contributed by atoms with van der Waals surface area (Å²) in [6.45, 7) is 2.78. The zero-order valence-corrected chi connectivity index (χ0v) is 19.1. The van der Waals surface area contributed by atoms with Gasteiger partial charge in [0, 0.05) is 24.6 Å². The van der Waals surface area contributed by atoms with Crippen LogP contribution in [-0.4, -0.2) is 34.2 Å². The Hall–Kier alpha value is -3.74. The van der Waals surface area contributed by atoms with Gasteiger partial charge in [-0.15, -0.1) is 5.10 Å². The second kappa shape index (κ2) is 8.65. The molecule has 0 unspecified atom stereocenters. The second-order valence-corrected chi connectivity index (χ2v) is 8.19. The minimum atomic E-state index is -0.0261. The fraction of sp³-hybridized carbons (Fsp3) is 0.308. The molecule has 0 saturated heterocycles. The fourth-order valence-corrected chi connectivity index (χ4v) is 4.70. The molecule has 4 aromatic rings. The fourth-order valence-electron chi connectivity index (χ4n) is 4.70. The van der Waals surface area contributed by atoms with E-state index >= 15 is 0 Å². The number of methoxy groups -OCH3 is 2. The molecule has 0 bridgehead atoms. The molecule has 0 aliphatic carbocycles.